The first kappa shape index (κ1) is 12.9. The molecule has 0 aromatic heterocycles. The number of rotatable bonds is 5. The Labute approximate surface area is 106 Å². The molecule has 3 N–H and O–H groups in total. The van der Waals surface area contributed by atoms with Crippen molar-refractivity contribution in [3.8, 4) is 0 Å². The van der Waals surface area contributed by atoms with E-state index in [0.29, 0.717) is 5.75 Å². The molecule has 3 nitrogen and oxygen atoms in total. The van der Waals surface area contributed by atoms with Gasteiger partial charge in [0.25, 0.3) is 0 Å². The lowest BCUT2D eigenvalue weighted by Crippen LogP contribution is -2.21. The summed E-state index contributed by atoms with van der Waals surface area (Å²) >= 11 is 1.66. The first-order chi connectivity index (χ1) is 8.02. The number of benzene rings is 1. The molecule has 1 saturated heterocycles. The van der Waals surface area contributed by atoms with Crippen LogP contribution in [0.25, 0.3) is 0 Å². The third-order valence-electron chi connectivity index (χ3n) is 3.19. The van der Waals surface area contributed by atoms with E-state index < -0.39 is 6.10 Å². The maximum absolute atomic E-state index is 9.47. The molecule has 2 rings (SSSR count). The predicted molar refractivity (Wildman–Crippen MR) is 70.9 cm³/mol. The summed E-state index contributed by atoms with van der Waals surface area (Å²) in [6.45, 7) is 4.12. The monoisotopic (exact) mass is 253 g/mol. The van der Waals surface area contributed by atoms with Crippen LogP contribution < -0.4 is 5.32 Å². The van der Waals surface area contributed by atoms with Crippen molar-refractivity contribution in [1.82, 2.24) is 5.32 Å². The Bertz CT molecular complexity index is 382. The van der Waals surface area contributed by atoms with Crippen molar-refractivity contribution < 1.29 is 10.2 Å². The molecule has 0 spiro atoms. The summed E-state index contributed by atoms with van der Waals surface area (Å²) in [5.74, 6) is 0.530. The molecule has 2 unspecified atom stereocenters. The lowest BCUT2D eigenvalue weighted by Gasteiger charge is -2.19. The molecule has 1 heterocycles. The van der Waals surface area contributed by atoms with Gasteiger partial charge in [-0.1, -0.05) is 30.3 Å². The van der Waals surface area contributed by atoms with Gasteiger partial charge in [0.05, 0.1) is 12.7 Å². The van der Waals surface area contributed by atoms with E-state index >= 15 is 0 Å². The van der Waals surface area contributed by atoms with Crippen LogP contribution in [-0.2, 0) is 4.87 Å². The SMILES string of the molecule is CC1(C)NC1(SCC(O)CO)c1ccccc1. The van der Waals surface area contributed by atoms with Gasteiger partial charge in [0.15, 0.2) is 0 Å². The standard InChI is InChI=1S/C13H19NO2S/c1-12(2)13(14-12,17-9-11(16)8-15)10-6-4-3-5-7-10/h3-7,11,14-16H,8-9H2,1-2H3. The van der Waals surface area contributed by atoms with Crippen molar-refractivity contribution in [1.29, 1.82) is 0 Å². The maximum atomic E-state index is 9.47. The lowest BCUT2D eigenvalue weighted by molar-refractivity contribution is 0.113. The number of thioether (sulfide) groups is 1. The van der Waals surface area contributed by atoms with Gasteiger partial charge in [-0.15, -0.1) is 11.8 Å². The molecule has 0 bridgehead atoms. The second-order valence-corrected chi connectivity index (χ2v) is 6.18. The Morgan fingerprint density at radius 3 is 2.35 bits per heavy atom. The molecule has 17 heavy (non-hydrogen) atoms. The zero-order valence-corrected chi connectivity index (χ0v) is 11.0. The summed E-state index contributed by atoms with van der Waals surface area (Å²) in [4.78, 5) is -0.135. The number of aliphatic hydroxyl groups excluding tert-OH is 2. The van der Waals surface area contributed by atoms with Crippen molar-refractivity contribution >= 4 is 11.8 Å². The average molecular weight is 253 g/mol. The quantitative estimate of drug-likeness (QED) is 0.692. The summed E-state index contributed by atoms with van der Waals surface area (Å²) in [7, 11) is 0. The van der Waals surface area contributed by atoms with Crippen molar-refractivity contribution in [3.63, 3.8) is 0 Å². The highest BCUT2D eigenvalue weighted by atomic mass is 32.2. The first-order valence-electron chi connectivity index (χ1n) is 5.79. The van der Waals surface area contributed by atoms with Crippen LogP contribution in [0.5, 0.6) is 0 Å². The molecule has 1 aliphatic heterocycles. The van der Waals surface area contributed by atoms with Gasteiger partial charge >= 0.3 is 0 Å². The normalized spacial score (nSPS) is 27.8. The molecular formula is C13H19NO2S. The van der Waals surface area contributed by atoms with Crippen molar-refractivity contribution in [2.24, 2.45) is 0 Å². The van der Waals surface area contributed by atoms with E-state index in [0.717, 1.165) is 0 Å². The molecular weight excluding hydrogens is 234 g/mol. The van der Waals surface area contributed by atoms with Crippen LogP contribution in [0.4, 0.5) is 0 Å². The van der Waals surface area contributed by atoms with Crippen molar-refractivity contribution in [2.45, 2.75) is 30.4 Å². The topological polar surface area (TPSA) is 62.4 Å². The highest BCUT2D eigenvalue weighted by Crippen LogP contribution is 2.55. The smallest absolute Gasteiger partial charge is 0.109 e. The van der Waals surface area contributed by atoms with Gasteiger partial charge in [-0.25, -0.2) is 0 Å². The number of nitrogens with one attached hydrogen (secondary N) is 1. The van der Waals surface area contributed by atoms with Gasteiger partial charge in [0.1, 0.15) is 4.87 Å². The number of aliphatic hydroxyl groups is 2. The Balaban J connectivity index is 2.13. The number of hydrogen-bond acceptors (Lipinski definition) is 4. The van der Waals surface area contributed by atoms with E-state index in [9.17, 15) is 5.11 Å². The minimum Gasteiger partial charge on any atom is -0.394 e. The van der Waals surface area contributed by atoms with E-state index in [4.69, 9.17) is 5.11 Å². The highest BCUT2D eigenvalue weighted by Gasteiger charge is 2.62. The summed E-state index contributed by atoms with van der Waals surface area (Å²) in [5.41, 5.74) is 1.24. The molecule has 0 radical (unpaired) electrons. The summed E-state index contributed by atoms with van der Waals surface area (Å²) in [6.07, 6.45) is -0.654. The predicted octanol–water partition coefficient (Wildman–Crippen LogP) is 1.31. The molecule has 1 aliphatic rings. The van der Waals surface area contributed by atoms with Crippen LogP contribution in [0.15, 0.2) is 30.3 Å². The Morgan fingerprint density at radius 2 is 1.88 bits per heavy atom. The molecule has 1 fully saturated rings. The lowest BCUT2D eigenvalue weighted by atomic mass is 10.0. The van der Waals surface area contributed by atoms with Crippen LogP contribution in [0, 0.1) is 0 Å². The molecule has 0 saturated carbocycles. The molecule has 4 heteroatoms. The summed E-state index contributed by atoms with van der Waals surface area (Å²) < 4.78 is 0. The third kappa shape index (κ3) is 2.36. The van der Waals surface area contributed by atoms with E-state index in [1.165, 1.54) is 5.56 Å². The summed E-state index contributed by atoms with van der Waals surface area (Å²) in [5, 5.41) is 21.8. The molecule has 2 atom stereocenters. The van der Waals surface area contributed by atoms with Gasteiger partial charge in [-0.05, 0) is 19.4 Å². The van der Waals surface area contributed by atoms with E-state index in [1.807, 2.05) is 18.2 Å². The first-order valence-corrected chi connectivity index (χ1v) is 6.78. The molecule has 94 valence electrons. The van der Waals surface area contributed by atoms with Crippen molar-refractivity contribution in [3.05, 3.63) is 35.9 Å². The fourth-order valence-corrected chi connectivity index (χ4v) is 3.63. The molecule has 1 aromatic rings. The van der Waals surface area contributed by atoms with Crippen LogP contribution in [-0.4, -0.2) is 34.2 Å². The van der Waals surface area contributed by atoms with Gasteiger partial charge < -0.3 is 10.2 Å². The van der Waals surface area contributed by atoms with Gasteiger partial charge in [0.2, 0.25) is 0 Å². The second-order valence-electron chi connectivity index (χ2n) is 4.94. The van der Waals surface area contributed by atoms with E-state index in [1.54, 1.807) is 11.8 Å². The Hall–Kier alpha value is -0.550. The second kappa shape index (κ2) is 4.61. The minimum atomic E-state index is -0.654. The summed E-state index contributed by atoms with van der Waals surface area (Å²) in [6, 6.07) is 10.2. The Kier molecular flexibility index (Phi) is 3.50. The van der Waals surface area contributed by atoms with Gasteiger partial charge in [-0.3, -0.25) is 5.32 Å². The van der Waals surface area contributed by atoms with Crippen LogP contribution in [0.1, 0.15) is 19.4 Å². The largest absolute Gasteiger partial charge is 0.394 e. The van der Waals surface area contributed by atoms with Crippen LogP contribution in [0.2, 0.25) is 0 Å². The van der Waals surface area contributed by atoms with Crippen LogP contribution >= 0.6 is 11.8 Å². The van der Waals surface area contributed by atoms with Crippen LogP contribution in [0.3, 0.4) is 0 Å². The minimum absolute atomic E-state index is 0.0220. The average Bonchev–Trinajstić information content (AvgIpc) is 2.91. The Morgan fingerprint density at radius 1 is 1.29 bits per heavy atom. The third-order valence-corrected chi connectivity index (χ3v) is 5.02. The van der Waals surface area contributed by atoms with E-state index in [-0.39, 0.29) is 17.0 Å². The highest BCUT2D eigenvalue weighted by molar-refractivity contribution is 8.00. The number of hydrogen-bond donors (Lipinski definition) is 3. The van der Waals surface area contributed by atoms with Crippen molar-refractivity contribution in [2.75, 3.05) is 12.4 Å². The zero-order valence-electron chi connectivity index (χ0n) is 10.2. The molecule has 0 aliphatic carbocycles. The fourth-order valence-electron chi connectivity index (χ4n) is 2.09. The molecule has 1 aromatic carbocycles. The molecule has 0 amide bonds. The van der Waals surface area contributed by atoms with Gasteiger partial charge in [0, 0.05) is 11.3 Å². The zero-order chi connectivity index (χ0) is 12.5. The fraction of sp³-hybridized carbons (Fsp3) is 0.538. The van der Waals surface area contributed by atoms with Gasteiger partial charge in [-0.2, -0.15) is 0 Å². The van der Waals surface area contributed by atoms with E-state index in [2.05, 4.69) is 31.3 Å². The maximum Gasteiger partial charge on any atom is 0.109 e.